The minimum Gasteiger partial charge on any atom is -0.496 e. The largest absolute Gasteiger partial charge is 0.496 e. The lowest BCUT2D eigenvalue weighted by atomic mass is 9.96. The van der Waals surface area contributed by atoms with Gasteiger partial charge in [0.05, 0.1) is 19.8 Å². The molecule has 0 spiro atoms. The summed E-state index contributed by atoms with van der Waals surface area (Å²) in [6, 6.07) is 3.62. The Bertz CT molecular complexity index is 372. The van der Waals surface area contributed by atoms with E-state index >= 15 is 0 Å². The van der Waals surface area contributed by atoms with E-state index in [0.717, 1.165) is 24.0 Å². The van der Waals surface area contributed by atoms with E-state index in [1.165, 1.54) is 0 Å². The van der Waals surface area contributed by atoms with E-state index in [-0.39, 0.29) is 0 Å². The number of carbonyl (C=O) groups is 1. The van der Waals surface area contributed by atoms with E-state index in [4.69, 9.17) is 9.47 Å². The predicted molar refractivity (Wildman–Crippen MR) is 63.6 cm³/mol. The molecule has 1 aromatic carbocycles. The van der Waals surface area contributed by atoms with Crippen molar-refractivity contribution >= 4 is 6.29 Å². The third-order valence-electron chi connectivity index (χ3n) is 2.85. The van der Waals surface area contributed by atoms with Crippen LogP contribution in [0.1, 0.15) is 42.1 Å². The topological polar surface area (TPSA) is 35.5 Å². The van der Waals surface area contributed by atoms with Crippen molar-refractivity contribution in [1.82, 2.24) is 0 Å². The number of hydrogen-bond donors (Lipinski definition) is 0. The first-order valence-electron chi connectivity index (χ1n) is 5.39. The van der Waals surface area contributed by atoms with Crippen LogP contribution < -0.4 is 9.47 Å². The fourth-order valence-corrected chi connectivity index (χ4v) is 1.64. The van der Waals surface area contributed by atoms with Crippen LogP contribution in [-0.4, -0.2) is 20.5 Å². The smallest absolute Gasteiger partial charge is 0.153 e. The Labute approximate surface area is 96.4 Å². The Morgan fingerprint density at radius 1 is 1.25 bits per heavy atom. The van der Waals surface area contributed by atoms with Crippen LogP contribution in [-0.2, 0) is 0 Å². The Morgan fingerprint density at radius 2 is 1.88 bits per heavy atom. The summed E-state index contributed by atoms with van der Waals surface area (Å²) in [6.07, 6.45) is 1.79. The first kappa shape index (κ1) is 12.6. The van der Waals surface area contributed by atoms with Crippen molar-refractivity contribution < 1.29 is 14.3 Å². The van der Waals surface area contributed by atoms with Gasteiger partial charge in [0.2, 0.25) is 0 Å². The highest BCUT2D eigenvalue weighted by molar-refractivity contribution is 5.80. The van der Waals surface area contributed by atoms with Gasteiger partial charge in [-0.1, -0.05) is 13.8 Å². The molecule has 0 aliphatic heterocycles. The van der Waals surface area contributed by atoms with E-state index < -0.39 is 0 Å². The van der Waals surface area contributed by atoms with Crippen LogP contribution in [0.25, 0.3) is 0 Å². The van der Waals surface area contributed by atoms with Gasteiger partial charge >= 0.3 is 0 Å². The van der Waals surface area contributed by atoms with E-state index in [1.54, 1.807) is 20.3 Å². The molecular weight excluding hydrogens is 204 g/mol. The number of carbonyl (C=O) groups excluding carboxylic acids is 1. The first-order chi connectivity index (χ1) is 7.67. The van der Waals surface area contributed by atoms with E-state index in [9.17, 15) is 4.79 Å². The number of methoxy groups -OCH3 is 2. The van der Waals surface area contributed by atoms with Gasteiger partial charge in [0, 0.05) is 5.56 Å². The second kappa shape index (κ2) is 5.54. The number of ether oxygens (including phenoxy) is 2. The maximum absolute atomic E-state index is 10.9. The minimum atomic E-state index is 0.379. The number of aldehydes is 1. The lowest BCUT2D eigenvalue weighted by molar-refractivity contribution is 0.112. The number of benzene rings is 1. The molecule has 3 nitrogen and oxygen atoms in total. The molecule has 0 bridgehead atoms. The molecule has 1 rings (SSSR count). The van der Waals surface area contributed by atoms with Crippen LogP contribution in [0.5, 0.6) is 11.5 Å². The monoisotopic (exact) mass is 222 g/mol. The van der Waals surface area contributed by atoms with Crippen LogP contribution in [0.15, 0.2) is 12.1 Å². The van der Waals surface area contributed by atoms with Crippen molar-refractivity contribution in [3.63, 3.8) is 0 Å². The lowest BCUT2D eigenvalue weighted by Gasteiger charge is -2.16. The molecule has 0 aliphatic rings. The zero-order valence-electron chi connectivity index (χ0n) is 10.2. The van der Waals surface area contributed by atoms with Crippen molar-refractivity contribution in [2.24, 2.45) is 0 Å². The summed E-state index contributed by atoms with van der Waals surface area (Å²) in [5.74, 6) is 1.73. The van der Waals surface area contributed by atoms with Crippen molar-refractivity contribution in [3.05, 3.63) is 23.3 Å². The van der Waals surface area contributed by atoms with Gasteiger partial charge in [-0.25, -0.2) is 0 Å². The summed E-state index contributed by atoms with van der Waals surface area (Å²) in [6.45, 7) is 4.24. The molecule has 1 atom stereocenters. The molecule has 0 aliphatic carbocycles. The molecular formula is C13H18O3. The van der Waals surface area contributed by atoms with E-state index in [1.807, 2.05) is 6.07 Å². The summed E-state index contributed by atoms with van der Waals surface area (Å²) >= 11 is 0. The average molecular weight is 222 g/mol. The zero-order chi connectivity index (χ0) is 12.1. The highest BCUT2D eigenvalue weighted by Gasteiger charge is 2.14. The Hall–Kier alpha value is -1.51. The molecule has 0 heterocycles. The number of hydrogen-bond acceptors (Lipinski definition) is 3. The molecule has 0 radical (unpaired) electrons. The third-order valence-corrected chi connectivity index (χ3v) is 2.85. The molecule has 0 aromatic heterocycles. The van der Waals surface area contributed by atoms with Crippen molar-refractivity contribution in [2.45, 2.75) is 26.2 Å². The van der Waals surface area contributed by atoms with Gasteiger partial charge in [-0.05, 0) is 24.5 Å². The van der Waals surface area contributed by atoms with E-state index in [0.29, 0.717) is 17.2 Å². The third kappa shape index (κ3) is 2.35. The molecule has 0 saturated carbocycles. The van der Waals surface area contributed by atoms with Crippen LogP contribution >= 0.6 is 0 Å². The Balaban J connectivity index is 3.31. The first-order valence-corrected chi connectivity index (χ1v) is 5.39. The van der Waals surface area contributed by atoms with Crippen LogP contribution in [0, 0.1) is 0 Å². The molecule has 88 valence electrons. The highest BCUT2D eigenvalue weighted by Crippen LogP contribution is 2.34. The van der Waals surface area contributed by atoms with Crippen molar-refractivity contribution in [3.8, 4) is 11.5 Å². The standard InChI is InChI=1S/C13H18O3/c1-5-9(2)11-7-12(15-3)10(8-14)6-13(11)16-4/h6-9H,5H2,1-4H3/t9-/m1/s1. The van der Waals surface area contributed by atoms with Crippen molar-refractivity contribution in [2.75, 3.05) is 14.2 Å². The lowest BCUT2D eigenvalue weighted by Crippen LogP contribution is -2.00. The molecule has 0 saturated heterocycles. The van der Waals surface area contributed by atoms with Gasteiger partial charge in [-0.15, -0.1) is 0 Å². The summed E-state index contributed by atoms with van der Waals surface area (Å²) in [7, 11) is 3.18. The molecule has 3 heteroatoms. The normalized spacial score (nSPS) is 12.0. The fourth-order valence-electron chi connectivity index (χ4n) is 1.64. The molecule has 0 amide bonds. The highest BCUT2D eigenvalue weighted by atomic mass is 16.5. The average Bonchev–Trinajstić information content (AvgIpc) is 2.35. The molecule has 0 fully saturated rings. The second-order valence-corrected chi connectivity index (χ2v) is 3.76. The van der Waals surface area contributed by atoms with Gasteiger partial charge in [0.25, 0.3) is 0 Å². The van der Waals surface area contributed by atoms with Gasteiger partial charge in [-0.3, -0.25) is 4.79 Å². The second-order valence-electron chi connectivity index (χ2n) is 3.76. The maximum atomic E-state index is 10.9. The molecule has 0 N–H and O–H groups in total. The predicted octanol–water partition coefficient (Wildman–Crippen LogP) is 3.03. The summed E-state index contributed by atoms with van der Waals surface area (Å²) in [4.78, 5) is 10.9. The summed E-state index contributed by atoms with van der Waals surface area (Å²) in [5.41, 5.74) is 1.60. The van der Waals surface area contributed by atoms with Gasteiger partial charge in [0.15, 0.2) is 6.29 Å². The fraction of sp³-hybridized carbons (Fsp3) is 0.462. The SMILES string of the molecule is CC[C@@H](C)c1cc(OC)c(C=O)cc1OC. The number of rotatable bonds is 5. The van der Waals surface area contributed by atoms with Crippen LogP contribution in [0.2, 0.25) is 0 Å². The maximum Gasteiger partial charge on any atom is 0.153 e. The van der Waals surface area contributed by atoms with Gasteiger partial charge in [-0.2, -0.15) is 0 Å². The van der Waals surface area contributed by atoms with Gasteiger partial charge < -0.3 is 9.47 Å². The molecule has 1 aromatic rings. The summed E-state index contributed by atoms with van der Waals surface area (Å²) in [5, 5.41) is 0. The Morgan fingerprint density at radius 3 is 2.31 bits per heavy atom. The summed E-state index contributed by atoms with van der Waals surface area (Å²) < 4.78 is 10.5. The van der Waals surface area contributed by atoms with Crippen molar-refractivity contribution in [1.29, 1.82) is 0 Å². The van der Waals surface area contributed by atoms with E-state index in [2.05, 4.69) is 13.8 Å². The molecule has 0 unspecified atom stereocenters. The van der Waals surface area contributed by atoms with Crippen LogP contribution in [0.3, 0.4) is 0 Å². The minimum absolute atomic E-state index is 0.379. The molecule has 16 heavy (non-hydrogen) atoms. The van der Waals surface area contributed by atoms with Gasteiger partial charge in [0.1, 0.15) is 11.5 Å². The zero-order valence-corrected chi connectivity index (χ0v) is 10.2. The quantitative estimate of drug-likeness (QED) is 0.718. The van der Waals surface area contributed by atoms with Crippen LogP contribution in [0.4, 0.5) is 0 Å². The Kier molecular flexibility index (Phi) is 4.35.